The number of carbonyl (C=O) groups excluding carboxylic acids is 2. The Morgan fingerprint density at radius 1 is 1.80 bits per heavy atom. The lowest BCUT2D eigenvalue weighted by molar-refractivity contribution is -0.127. The number of ketones is 1. The Morgan fingerprint density at radius 3 is 2.90 bits per heavy atom. The van der Waals surface area contributed by atoms with Crippen LogP contribution < -0.4 is 0 Å². The molecule has 0 amide bonds. The molecule has 0 aromatic carbocycles. The van der Waals surface area contributed by atoms with Crippen molar-refractivity contribution in [1.29, 1.82) is 0 Å². The summed E-state index contributed by atoms with van der Waals surface area (Å²) in [5.74, 6) is 0.667. The summed E-state index contributed by atoms with van der Waals surface area (Å²) >= 11 is 1.29. The van der Waals surface area contributed by atoms with E-state index >= 15 is 0 Å². The fourth-order valence-corrected chi connectivity index (χ4v) is 2.04. The molecule has 1 atom stereocenters. The number of rotatable bonds is 2. The maximum absolute atomic E-state index is 11.0. The first-order chi connectivity index (χ1) is 4.75. The summed E-state index contributed by atoms with van der Waals surface area (Å²) in [7, 11) is 0. The normalized spacial score (nSPS) is 25.3. The molecule has 1 heterocycles. The summed E-state index contributed by atoms with van der Waals surface area (Å²) in [4.78, 5) is 21.9. The van der Waals surface area contributed by atoms with Gasteiger partial charge < -0.3 is 0 Å². The Balaban J connectivity index is 2.55. The van der Waals surface area contributed by atoms with Gasteiger partial charge in [-0.1, -0.05) is 18.7 Å². The van der Waals surface area contributed by atoms with Crippen molar-refractivity contribution in [3.05, 3.63) is 0 Å². The first-order valence-electron chi connectivity index (χ1n) is 3.45. The van der Waals surface area contributed by atoms with Gasteiger partial charge in [-0.2, -0.15) is 0 Å². The van der Waals surface area contributed by atoms with E-state index in [4.69, 9.17) is 0 Å². The molecule has 0 radical (unpaired) electrons. The molecule has 1 unspecified atom stereocenters. The molecule has 0 aromatic rings. The van der Waals surface area contributed by atoms with Gasteiger partial charge >= 0.3 is 0 Å². The maximum Gasteiger partial charge on any atom is 0.199 e. The molecule has 3 heteroatoms. The van der Waals surface area contributed by atoms with Crippen LogP contribution in [-0.2, 0) is 9.59 Å². The van der Waals surface area contributed by atoms with Gasteiger partial charge in [0.2, 0.25) is 0 Å². The lowest BCUT2D eigenvalue weighted by Gasteiger charge is -2.00. The van der Waals surface area contributed by atoms with E-state index in [2.05, 4.69) is 0 Å². The Bertz CT molecular complexity index is 165. The van der Waals surface area contributed by atoms with Gasteiger partial charge in [0.25, 0.3) is 0 Å². The lowest BCUT2D eigenvalue weighted by Crippen LogP contribution is -2.16. The van der Waals surface area contributed by atoms with Gasteiger partial charge in [0.1, 0.15) is 5.78 Å². The van der Waals surface area contributed by atoms with E-state index < -0.39 is 0 Å². The molecule has 0 aromatic heterocycles. The third-order valence-electron chi connectivity index (χ3n) is 1.67. The minimum atomic E-state index is -0.269. The summed E-state index contributed by atoms with van der Waals surface area (Å²) in [6, 6.07) is 0. The molecular weight excluding hydrogens is 148 g/mol. The first kappa shape index (κ1) is 7.79. The van der Waals surface area contributed by atoms with Gasteiger partial charge in [0, 0.05) is 12.2 Å². The zero-order chi connectivity index (χ0) is 7.56. The second kappa shape index (κ2) is 3.19. The highest BCUT2D eigenvalue weighted by Crippen LogP contribution is 2.26. The van der Waals surface area contributed by atoms with Crippen molar-refractivity contribution in [3.63, 3.8) is 0 Å². The molecule has 0 aliphatic carbocycles. The second-order valence-electron chi connectivity index (χ2n) is 2.33. The predicted octanol–water partition coefficient (Wildman–Crippen LogP) is 1.25. The minimum Gasteiger partial charge on any atom is -0.299 e. The molecule has 0 saturated carbocycles. The van der Waals surface area contributed by atoms with E-state index in [1.807, 2.05) is 0 Å². The average molecular weight is 158 g/mol. The van der Waals surface area contributed by atoms with Crippen molar-refractivity contribution in [2.75, 3.05) is 5.75 Å². The fourth-order valence-electron chi connectivity index (χ4n) is 1.03. The highest BCUT2D eigenvalue weighted by Gasteiger charge is 2.30. The summed E-state index contributed by atoms with van der Waals surface area (Å²) in [6.45, 7) is 1.80. The SMILES string of the molecule is CCC(=O)C1CCSC1=O. The molecule has 0 N–H and O–H groups in total. The van der Waals surface area contributed by atoms with Gasteiger partial charge in [0.05, 0.1) is 5.92 Å². The average Bonchev–Trinajstić information content (AvgIpc) is 2.34. The third-order valence-corrected chi connectivity index (χ3v) is 2.68. The standard InChI is InChI=1S/C7H10O2S/c1-2-6(8)5-3-4-10-7(5)9/h5H,2-4H2,1H3. The zero-order valence-corrected chi connectivity index (χ0v) is 6.74. The summed E-state index contributed by atoms with van der Waals surface area (Å²) in [5.41, 5.74) is 0. The number of carbonyl (C=O) groups is 2. The van der Waals surface area contributed by atoms with Crippen molar-refractivity contribution >= 4 is 22.7 Å². The van der Waals surface area contributed by atoms with Crippen LogP contribution in [0, 0.1) is 5.92 Å². The Kier molecular flexibility index (Phi) is 2.49. The van der Waals surface area contributed by atoms with Crippen molar-refractivity contribution in [3.8, 4) is 0 Å². The van der Waals surface area contributed by atoms with Crippen molar-refractivity contribution in [2.45, 2.75) is 19.8 Å². The number of hydrogen-bond acceptors (Lipinski definition) is 3. The van der Waals surface area contributed by atoms with Crippen molar-refractivity contribution in [1.82, 2.24) is 0 Å². The molecule has 1 aliphatic rings. The lowest BCUT2D eigenvalue weighted by atomic mass is 10.0. The summed E-state index contributed by atoms with van der Waals surface area (Å²) in [6.07, 6.45) is 1.26. The first-order valence-corrected chi connectivity index (χ1v) is 4.43. The van der Waals surface area contributed by atoms with Crippen LogP contribution in [0.3, 0.4) is 0 Å². The molecule has 0 spiro atoms. The van der Waals surface area contributed by atoms with Gasteiger partial charge in [0.15, 0.2) is 5.12 Å². The molecular formula is C7H10O2S. The van der Waals surface area contributed by atoms with Crippen molar-refractivity contribution < 1.29 is 9.59 Å². The van der Waals surface area contributed by atoms with E-state index in [-0.39, 0.29) is 16.8 Å². The number of hydrogen-bond donors (Lipinski definition) is 0. The Morgan fingerprint density at radius 2 is 2.50 bits per heavy atom. The monoisotopic (exact) mass is 158 g/mol. The molecule has 1 aliphatic heterocycles. The van der Waals surface area contributed by atoms with Crippen LogP contribution in [0.4, 0.5) is 0 Å². The quantitative estimate of drug-likeness (QED) is 0.567. The molecule has 10 heavy (non-hydrogen) atoms. The maximum atomic E-state index is 11.0. The van der Waals surface area contributed by atoms with Crippen LogP contribution in [0.25, 0.3) is 0 Å². The van der Waals surface area contributed by atoms with Crippen LogP contribution in [0.2, 0.25) is 0 Å². The Hall–Kier alpha value is -0.310. The van der Waals surface area contributed by atoms with Crippen LogP contribution in [0.15, 0.2) is 0 Å². The van der Waals surface area contributed by atoms with Crippen LogP contribution in [0.5, 0.6) is 0 Å². The van der Waals surface area contributed by atoms with E-state index in [0.29, 0.717) is 6.42 Å². The molecule has 1 fully saturated rings. The molecule has 2 nitrogen and oxygen atoms in total. The van der Waals surface area contributed by atoms with Gasteiger partial charge in [-0.25, -0.2) is 0 Å². The van der Waals surface area contributed by atoms with Gasteiger partial charge in [-0.05, 0) is 6.42 Å². The molecule has 1 saturated heterocycles. The summed E-state index contributed by atoms with van der Waals surface area (Å²) < 4.78 is 0. The van der Waals surface area contributed by atoms with E-state index in [1.54, 1.807) is 6.92 Å². The smallest absolute Gasteiger partial charge is 0.199 e. The van der Waals surface area contributed by atoms with Gasteiger partial charge in [-0.15, -0.1) is 0 Å². The Labute approximate surface area is 64.4 Å². The third kappa shape index (κ3) is 1.40. The number of thioether (sulfide) groups is 1. The highest BCUT2D eigenvalue weighted by molar-refractivity contribution is 8.14. The second-order valence-corrected chi connectivity index (χ2v) is 3.43. The van der Waals surface area contributed by atoms with Crippen LogP contribution in [0.1, 0.15) is 19.8 Å². The fraction of sp³-hybridized carbons (Fsp3) is 0.714. The number of Topliss-reactive ketones (excluding diaryl/α,β-unsaturated/α-hetero) is 1. The molecule has 56 valence electrons. The topological polar surface area (TPSA) is 34.1 Å². The van der Waals surface area contributed by atoms with Crippen molar-refractivity contribution in [2.24, 2.45) is 5.92 Å². The predicted molar refractivity (Wildman–Crippen MR) is 40.9 cm³/mol. The molecule has 1 rings (SSSR count). The zero-order valence-electron chi connectivity index (χ0n) is 5.92. The van der Waals surface area contributed by atoms with Crippen LogP contribution in [-0.4, -0.2) is 16.7 Å². The summed E-state index contributed by atoms with van der Waals surface area (Å²) in [5, 5.41) is 0.0758. The van der Waals surface area contributed by atoms with Gasteiger partial charge in [-0.3, -0.25) is 9.59 Å². The highest BCUT2D eigenvalue weighted by atomic mass is 32.2. The largest absolute Gasteiger partial charge is 0.299 e. The van der Waals surface area contributed by atoms with E-state index in [0.717, 1.165) is 12.2 Å². The van der Waals surface area contributed by atoms with Crippen LogP contribution >= 0.6 is 11.8 Å². The molecule has 0 bridgehead atoms. The minimum absolute atomic E-state index is 0.0758. The van der Waals surface area contributed by atoms with E-state index in [9.17, 15) is 9.59 Å². The van der Waals surface area contributed by atoms with E-state index in [1.165, 1.54) is 11.8 Å².